The summed E-state index contributed by atoms with van der Waals surface area (Å²) in [5.41, 5.74) is 31.9. The van der Waals surface area contributed by atoms with E-state index in [2.05, 4.69) is 44.9 Å². The number of aliphatic hydroxyl groups excluding tert-OH is 3. The summed E-state index contributed by atoms with van der Waals surface area (Å²) in [5.74, 6) is -0.142. The van der Waals surface area contributed by atoms with Crippen molar-refractivity contribution in [2.24, 2.45) is 17.6 Å². The van der Waals surface area contributed by atoms with Crippen LogP contribution in [0.3, 0.4) is 0 Å². The Bertz CT molecular complexity index is 3230. The maximum atomic E-state index is 12.3. The highest BCUT2D eigenvalue weighted by Gasteiger charge is 2.15. The molecule has 0 spiro atoms. The van der Waals surface area contributed by atoms with Crippen molar-refractivity contribution in [1.82, 2.24) is 44.9 Å². The average molecular weight is 986 g/mol. The molecule has 0 radical (unpaired) electrons. The first-order valence-electron chi connectivity index (χ1n) is 22.9. The normalized spacial score (nSPS) is 12.0. The lowest BCUT2D eigenvalue weighted by Gasteiger charge is -2.08. The minimum absolute atomic E-state index is 0.00189. The molecule has 0 aliphatic heterocycles. The summed E-state index contributed by atoms with van der Waals surface area (Å²) in [4.78, 5) is 73.2. The number of benzene rings is 3. The van der Waals surface area contributed by atoms with Crippen LogP contribution in [-0.2, 0) is 0 Å². The Kier molecular flexibility index (Phi) is 18.6. The number of pyridine rings is 3. The molecule has 20 heteroatoms. The number of Topliss-reactive ketones (excluding diaryl/α,β-unsaturated/α-hetero) is 2. The zero-order valence-corrected chi connectivity index (χ0v) is 40.2. The van der Waals surface area contributed by atoms with E-state index >= 15 is 0 Å². The van der Waals surface area contributed by atoms with Crippen LogP contribution in [0.2, 0.25) is 0 Å². The number of hydrogen-bond acceptors (Lipinski definition) is 19. The quantitative estimate of drug-likeness (QED) is 0.0592. The van der Waals surface area contributed by atoms with Crippen molar-refractivity contribution in [2.45, 2.75) is 39.7 Å². The zero-order chi connectivity index (χ0) is 52.6. The largest absolute Gasteiger partial charge is 0.478 e. The van der Waals surface area contributed by atoms with E-state index < -0.39 is 5.97 Å². The molecule has 374 valence electrons. The van der Waals surface area contributed by atoms with Crippen LogP contribution in [0, 0.1) is 11.8 Å². The lowest BCUT2D eigenvalue weighted by molar-refractivity contribution is 0.0696. The summed E-state index contributed by atoms with van der Waals surface area (Å²) in [7, 11) is 0. The third kappa shape index (κ3) is 14.4. The van der Waals surface area contributed by atoms with Gasteiger partial charge in [-0.3, -0.25) is 9.59 Å². The van der Waals surface area contributed by atoms with E-state index in [0.717, 1.165) is 11.1 Å². The van der Waals surface area contributed by atoms with E-state index in [-0.39, 0.29) is 54.8 Å². The van der Waals surface area contributed by atoms with Gasteiger partial charge in [0.05, 0.1) is 45.8 Å². The molecule has 0 saturated heterocycles. The zero-order valence-electron chi connectivity index (χ0n) is 40.2. The Labute approximate surface area is 419 Å². The average Bonchev–Trinajstić information content (AvgIpc) is 3.41. The smallest absolute Gasteiger partial charge is 0.335 e. The van der Waals surface area contributed by atoms with Crippen LogP contribution in [0.25, 0.3) is 66.9 Å². The number of carboxylic acid groups (broad SMARTS) is 1. The van der Waals surface area contributed by atoms with Crippen LogP contribution in [-0.4, -0.2) is 109 Å². The molecule has 3 aromatic carbocycles. The minimum atomic E-state index is -0.976. The summed E-state index contributed by atoms with van der Waals surface area (Å²) >= 11 is 0. The van der Waals surface area contributed by atoms with Gasteiger partial charge in [0.25, 0.3) is 0 Å². The lowest BCUT2D eigenvalue weighted by Crippen LogP contribution is -2.18. The molecule has 9 rings (SSSR count). The molecule has 0 aliphatic carbocycles. The third-order valence-electron chi connectivity index (χ3n) is 10.9. The molecular weight excluding hydrogens is 931 g/mol. The highest BCUT2D eigenvalue weighted by molar-refractivity contribution is 5.98. The van der Waals surface area contributed by atoms with Crippen molar-refractivity contribution in [3.63, 3.8) is 0 Å². The number of aromatic nitrogens is 9. The number of fused-ring (bicyclic) bond motifs is 3. The SMILES string of the molecule is CC(CO)CC(=O)c1cccc(-c2ccc3ncnc(N)c3n2)c1.CC(CO)CC(=O)c1cccc(-c2ccc3ncnc(N)c3n2)c1.CC(N)CO.Nc1ncnc2ccc(-c3cccc(C(=O)O)c3)nc12. The number of carboxylic acids is 1. The monoisotopic (exact) mass is 985 g/mol. The Hall–Kier alpha value is -8.82. The summed E-state index contributed by atoms with van der Waals surface area (Å²) in [6, 6.07) is 32.0. The molecule has 0 amide bonds. The second-order valence-electron chi connectivity index (χ2n) is 17.0. The van der Waals surface area contributed by atoms with Crippen LogP contribution in [0.15, 0.2) is 128 Å². The Morgan fingerprint density at radius 1 is 0.466 bits per heavy atom. The van der Waals surface area contributed by atoms with Gasteiger partial charge in [-0.05, 0) is 79.4 Å². The van der Waals surface area contributed by atoms with Gasteiger partial charge in [-0.25, -0.2) is 49.7 Å². The maximum Gasteiger partial charge on any atom is 0.335 e. The molecule has 12 N–H and O–H groups in total. The molecule has 0 bridgehead atoms. The van der Waals surface area contributed by atoms with Gasteiger partial charge < -0.3 is 43.4 Å². The molecule has 0 saturated carbocycles. The third-order valence-corrected chi connectivity index (χ3v) is 10.9. The Balaban J connectivity index is 0.000000171. The number of nitrogen functional groups attached to an aromatic ring is 3. The van der Waals surface area contributed by atoms with E-state index in [1.807, 2.05) is 62.4 Å². The van der Waals surface area contributed by atoms with Crippen molar-refractivity contribution in [3.05, 3.63) is 145 Å². The predicted molar refractivity (Wildman–Crippen MR) is 280 cm³/mol. The van der Waals surface area contributed by atoms with Gasteiger partial charge in [0.1, 0.15) is 35.5 Å². The number of carbonyl (C=O) groups is 3. The van der Waals surface area contributed by atoms with Crippen LogP contribution >= 0.6 is 0 Å². The number of carbonyl (C=O) groups excluding carboxylic acids is 2. The number of hydrogen-bond donors (Lipinski definition) is 8. The van der Waals surface area contributed by atoms with Crippen molar-refractivity contribution in [2.75, 3.05) is 37.0 Å². The van der Waals surface area contributed by atoms with Crippen molar-refractivity contribution >= 4 is 68.1 Å². The van der Waals surface area contributed by atoms with E-state index in [1.165, 1.54) is 25.0 Å². The summed E-state index contributed by atoms with van der Waals surface area (Å²) in [6.45, 7) is 5.51. The molecule has 0 aliphatic rings. The summed E-state index contributed by atoms with van der Waals surface area (Å²) in [6.07, 6.45) is 4.81. The van der Waals surface area contributed by atoms with E-state index in [0.29, 0.717) is 97.2 Å². The number of aliphatic hydroxyl groups is 3. The number of nitrogens with two attached hydrogens (primary N) is 4. The fourth-order valence-electron chi connectivity index (χ4n) is 6.87. The van der Waals surface area contributed by atoms with E-state index in [9.17, 15) is 14.4 Å². The molecule has 73 heavy (non-hydrogen) atoms. The van der Waals surface area contributed by atoms with Crippen LogP contribution < -0.4 is 22.9 Å². The number of anilines is 3. The van der Waals surface area contributed by atoms with Crippen molar-refractivity contribution < 1.29 is 34.8 Å². The second kappa shape index (κ2) is 25.3. The summed E-state index contributed by atoms with van der Waals surface area (Å²) < 4.78 is 0. The molecule has 3 atom stereocenters. The maximum absolute atomic E-state index is 12.3. The molecule has 0 fully saturated rings. The highest BCUT2D eigenvalue weighted by Crippen LogP contribution is 2.27. The molecule has 9 aromatic rings. The van der Waals surface area contributed by atoms with Gasteiger partial charge in [-0.1, -0.05) is 62.4 Å². The molecule has 3 unspecified atom stereocenters. The molecule has 6 aromatic heterocycles. The fourth-order valence-corrected chi connectivity index (χ4v) is 6.87. The van der Waals surface area contributed by atoms with Gasteiger partial charge in [-0.15, -0.1) is 0 Å². The number of rotatable bonds is 13. The molecule has 20 nitrogen and oxygen atoms in total. The first-order valence-corrected chi connectivity index (χ1v) is 22.9. The predicted octanol–water partition coefficient (Wildman–Crippen LogP) is 6.25. The summed E-state index contributed by atoms with van der Waals surface area (Å²) in [5, 5.41) is 35.2. The van der Waals surface area contributed by atoms with Gasteiger partial charge >= 0.3 is 5.97 Å². The topological polar surface area (TPSA) is 352 Å². The number of ketones is 2. The van der Waals surface area contributed by atoms with Crippen LogP contribution in [0.5, 0.6) is 0 Å². The fraction of sp³-hybridized carbons (Fsp3) is 0.208. The minimum Gasteiger partial charge on any atom is -0.478 e. The highest BCUT2D eigenvalue weighted by atomic mass is 16.4. The molecule has 6 heterocycles. The van der Waals surface area contributed by atoms with Crippen LogP contribution in [0.4, 0.5) is 17.5 Å². The first kappa shape index (κ1) is 53.5. The van der Waals surface area contributed by atoms with Gasteiger partial charge in [0.2, 0.25) is 0 Å². The first-order chi connectivity index (χ1) is 35.1. The standard InChI is InChI=1S/2C18H18N4O2.C14H10N4O2.C3H9NO/c2*1-11(9-23)7-16(24)13-4-2-3-12(8-13)14-5-6-15-17(22-14)18(19)21-10-20-15;15-13-12-11(16-7-17-13)5-4-10(18-12)8-2-1-3-9(6-8)14(19)20;1-3(4)2-5/h2*2-6,8,10-11,23H,7,9H2,1H3,(H2,19,20,21);1-7H,(H,19,20)(H2,15,16,17);3,5H,2,4H2,1H3. The van der Waals surface area contributed by atoms with Crippen molar-refractivity contribution in [3.8, 4) is 33.8 Å². The van der Waals surface area contributed by atoms with Crippen molar-refractivity contribution in [1.29, 1.82) is 0 Å². The van der Waals surface area contributed by atoms with Gasteiger partial charge in [0, 0.05) is 59.9 Å². The van der Waals surface area contributed by atoms with E-state index in [4.69, 9.17) is 43.4 Å². The number of nitrogens with zero attached hydrogens (tertiary/aromatic N) is 9. The Morgan fingerprint density at radius 3 is 1.08 bits per heavy atom. The van der Waals surface area contributed by atoms with Gasteiger partial charge in [0.15, 0.2) is 29.0 Å². The Morgan fingerprint density at radius 2 is 0.781 bits per heavy atom. The molecular formula is C53H55N13O7. The van der Waals surface area contributed by atoms with Gasteiger partial charge in [-0.2, -0.15) is 0 Å². The lowest BCUT2D eigenvalue weighted by atomic mass is 9.98. The second-order valence-corrected chi connectivity index (χ2v) is 17.0. The van der Waals surface area contributed by atoms with E-state index in [1.54, 1.807) is 61.5 Å². The number of aromatic carboxylic acids is 1. The van der Waals surface area contributed by atoms with Crippen LogP contribution in [0.1, 0.15) is 64.7 Å².